The molecule has 0 spiro atoms. The smallest absolute Gasteiger partial charge is 0.343 e. The molecule has 0 saturated heterocycles. The zero-order chi connectivity index (χ0) is 15.4. The van der Waals surface area contributed by atoms with Gasteiger partial charge in [-0.15, -0.1) is 0 Å². The first-order valence-electron chi connectivity index (χ1n) is 5.84. The maximum Gasteiger partial charge on any atom is 0.343 e. The summed E-state index contributed by atoms with van der Waals surface area (Å²) in [7, 11) is 0. The third-order valence-corrected chi connectivity index (χ3v) is 3.03. The fourth-order valence-corrected chi connectivity index (χ4v) is 1.96. The van der Waals surface area contributed by atoms with E-state index in [4.69, 9.17) is 16.3 Å². The van der Waals surface area contributed by atoms with E-state index in [-0.39, 0.29) is 22.9 Å². The molecule has 0 bridgehead atoms. The van der Waals surface area contributed by atoms with Gasteiger partial charge >= 0.3 is 5.97 Å². The Balaban J connectivity index is 2.17. The maximum absolute atomic E-state index is 13.5. The molecule has 0 N–H and O–H groups in total. The lowest BCUT2D eigenvalue weighted by Crippen LogP contribution is -2.09. The number of benzene rings is 2. The summed E-state index contributed by atoms with van der Waals surface area (Å²) in [4.78, 5) is 22.1. The molecule has 0 aliphatic carbocycles. The molecule has 0 aliphatic rings. The molecular formula is C14H9ClFNO4. The molecule has 0 aliphatic heterocycles. The van der Waals surface area contributed by atoms with Gasteiger partial charge in [0.05, 0.1) is 15.5 Å². The summed E-state index contributed by atoms with van der Waals surface area (Å²) in [6.45, 7) is -0.347. The third-order valence-electron chi connectivity index (χ3n) is 2.71. The van der Waals surface area contributed by atoms with Crippen LogP contribution in [0.5, 0.6) is 0 Å². The molecule has 108 valence electrons. The van der Waals surface area contributed by atoms with Gasteiger partial charge in [-0.25, -0.2) is 9.18 Å². The minimum atomic E-state index is -0.976. The Kier molecular flexibility index (Phi) is 4.49. The second-order valence-electron chi connectivity index (χ2n) is 4.06. The van der Waals surface area contributed by atoms with E-state index >= 15 is 0 Å². The second kappa shape index (κ2) is 6.32. The van der Waals surface area contributed by atoms with Gasteiger partial charge < -0.3 is 4.74 Å². The summed E-state index contributed by atoms with van der Waals surface area (Å²) in [5, 5.41) is 10.7. The molecule has 21 heavy (non-hydrogen) atoms. The number of halogens is 2. The fourth-order valence-electron chi connectivity index (χ4n) is 1.72. The highest BCUT2D eigenvalue weighted by molar-refractivity contribution is 6.33. The zero-order valence-corrected chi connectivity index (χ0v) is 11.3. The predicted octanol–water partition coefficient (Wildman–Crippen LogP) is 3.74. The van der Waals surface area contributed by atoms with Gasteiger partial charge in [-0.1, -0.05) is 29.8 Å². The Morgan fingerprint density at radius 1 is 1.24 bits per heavy atom. The van der Waals surface area contributed by atoms with Gasteiger partial charge in [-0.05, 0) is 18.2 Å². The average Bonchev–Trinajstić information content (AvgIpc) is 2.45. The van der Waals surface area contributed by atoms with E-state index in [1.165, 1.54) is 30.3 Å². The van der Waals surface area contributed by atoms with Gasteiger partial charge in [0.2, 0.25) is 0 Å². The Morgan fingerprint density at radius 2 is 1.95 bits per heavy atom. The number of rotatable bonds is 4. The van der Waals surface area contributed by atoms with Crippen molar-refractivity contribution in [3.8, 4) is 0 Å². The number of ether oxygens (including phenoxy) is 1. The van der Waals surface area contributed by atoms with Crippen LogP contribution in [0.15, 0.2) is 42.5 Å². The molecular weight excluding hydrogens is 301 g/mol. The van der Waals surface area contributed by atoms with Gasteiger partial charge in [0.15, 0.2) is 0 Å². The number of carbonyl (C=O) groups excluding carboxylic acids is 1. The number of nitrogens with zero attached hydrogens (tertiary/aromatic N) is 1. The highest BCUT2D eigenvalue weighted by atomic mass is 35.5. The molecule has 0 aromatic heterocycles. The summed E-state index contributed by atoms with van der Waals surface area (Å²) in [6, 6.07) is 9.60. The van der Waals surface area contributed by atoms with E-state index < -0.39 is 22.3 Å². The highest BCUT2D eigenvalue weighted by Crippen LogP contribution is 2.22. The maximum atomic E-state index is 13.5. The minimum Gasteiger partial charge on any atom is -0.457 e. The Hall–Kier alpha value is -2.47. The Morgan fingerprint density at radius 3 is 2.62 bits per heavy atom. The van der Waals surface area contributed by atoms with E-state index in [1.54, 1.807) is 6.07 Å². The van der Waals surface area contributed by atoms with Gasteiger partial charge in [0.25, 0.3) is 5.69 Å². The van der Waals surface area contributed by atoms with Crippen LogP contribution in [0.25, 0.3) is 0 Å². The standard InChI is InChI=1S/C14H9ClFNO4/c15-10-5-3-6-11(16)13(10)14(18)21-8-9-4-1-2-7-12(9)17(19)20/h1-7H,8H2. The van der Waals surface area contributed by atoms with Crippen LogP contribution in [0.3, 0.4) is 0 Å². The molecule has 0 radical (unpaired) electrons. The van der Waals surface area contributed by atoms with Crippen molar-refractivity contribution in [2.75, 3.05) is 0 Å². The largest absolute Gasteiger partial charge is 0.457 e. The average molecular weight is 310 g/mol. The van der Waals surface area contributed by atoms with Gasteiger partial charge in [-0.3, -0.25) is 10.1 Å². The van der Waals surface area contributed by atoms with Crippen molar-refractivity contribution < 1.29 is 18.8 Å². The van der Waals surface area contributed by atoms with E-state index in [1.807, 2.05) is 0 Å². The van der Waals surface area contributed by atoms with Crippen LogP contribution in [0.4, 0.5) is 10.1 Å². The van der Waals surface area contributed by atoms with Gasteiger partial charge in [0.1, 0.15) is 18.0 Å². The predicted molar refractivity (Wildman–Crippen MR) is 73.6 cm³/mol. The van der Waals surface area contributed by atoms with Crippen molar-refractivity contribution in [1.82, 2.24) is 0 Å². The second-order valence-corrected chi connectivity index (χ2v) is 4.47. The van der Waals surface area contributed by atoms with Gasteiger partial charge in [-0.2, -0.15) is 0 Å². The van der Waals surface area contributed by atoms with Crippen molar-refractivity contribution in [3.63, 3.8) is 0 Å². The lowest BCUT2D eigenvalue weighted by Gasteiger charge is -2.07. The number of hydrogen-bond acceptors (Lipinski definition) is 4. The van der Waals surface area contributed by atoms with Crippen molar-refractivity contribution in [3.05, 3.63) is 74.5 Å². The van der Waals surface area contributed by atoms with Crippen molar-refractivity contribution >= 4 is 23.3 Å². The molecule has 7 heteroatoms. The lowest BCUT2D eigenvalue weighted by atomic mass is 10.2. The molecule has 0 amide bonds. The highest BCUT2D eigenvalue weighted by Gasteiger charge is 2.19. The summed E-state index contributed by atoms with van der Waals surface area (Å²) < 4.78 is 18.4. The first-order chi connectivity index (χ1) is 10.0. The topological polar surface area (TPSA) is 69.4 Å². The Bertz CT molecular complexity index is 685. The third kappa shape index (κ3) is 3.35. The number of nitro benzene ring substituents is 1. The number of para-hydroxylation sites is 1. The minimum absolute atomic E-state index is 0.0810. The molecule has 0 atom stereocenters. The number of hydrogen-bond donors (Lipinski definition) is 0. The molecule has 0 saturated carbocycles. The van der Waals surface area contributed by atoms with Crippen molar-refractivity contribution in [1.29, 1.82) is 0 Å². The summed E-state index contributed by atoms with van der Waals surface area (Å²) >= 11 is 5.74. The summed E-state index contributed by atoms with van der Waals surface area (Å²) in [5.41, 5.74) is -0.356. The van der Waals surface area contributed by atoms with Crippen molar-refractivity contribution in [2.45, 2.75) is 6.61 Å². The first kappa shape index (κ1) is 14.9. The van der Waals surface area contributed by atoms with Crippen LogP contribution in [-0.4, -0.2) is 10.9 Å². The SMILES string of the molecule is O=C(OCc1ccccc1[N+](=O)[O-])c1c(F)cccc1Cl. The van der Waals surface area contributed by atoms with E-state index in [9.17, 15) is 19.3 Å². The van der Waals surface area contributed by atoms with Crippen LogP contribution in [0, 0.1) is 15.9 Å². The zero-order valence-electron chi connectivity index (χ0n) is 10.6. The molecule has 2 aromatic carbocycles. The molecule has 2 aromatic rings. The summed E-state index contributed by atoms with van der Waals surface area (Å²) in [5.74, 6) is -1.79. The first-order valence-corrected chi connectivity index (χ1v) is 6.22. The van der Waals surface area contributed by atoms with E-state index in [0.717, 1.165) is 6.07 Å². The number of nitro groups is 1. The fraction of sp³-hybridized carbons (Fsp3) is 0.0714. The molecule has 5 nitrogen and oxygen atoms in total. The van der Waals surface area contributed by atoms with Crippen LogP contribution in [0.1, 0.15) is 15.9 Å². The van der Waals surface area contributed by atoms with Crippen LogP contribution >= 0.6 is 11.6 Å². The monoisotopic (exact) mass is 309 g/mol. The quantitative estimate of drug-likeness (QED) is 0.490. The molecule has 0 unspecified atom stereocenters. The molecule has 0 fully saturated rings. The van der Waals surface area contributed by atoms with Gasteiger partial charge in [0, 0.05) is 6.07 Å². The number of esters is 1. The number of carbonyl (C=O) groups is 1. The van der Waals surface area contributed by atoms with Crippen molar-refractivity contribution in [2.24, 2.45) is 0 Å². The van der Waals surface area contributed by atoms with Crippen LogP contribution in [-0.2, 0) is 11.3 Å². The molecule has 2 rings (SSSR count). The van der Waals surface area contributed by atoms with E-state index in [2.05, 4.69) is 0 Å². The Labute approximate surface area is 124 Å². The van der Waals surface area contributed by atoms with Crippen LogP contribution in [0.2, 0.25) is 5.02 Å². The lowest BCUT2D eigenvalue weighted by molar-refractivity contribution is -0.385. The molecule has 0 heterocycles. The van der Waals surface area contributed by atoms with E-state index in [0.29, 0.717) is 0 Å². The van der Waals surface area contributed by atoms with Crippen LogP contribution < -0.4 is 0 Å². The normalized spacial score (nSPS) is 10.2. The summed E-state index contributed by atoms with van der Waals surface area (Å²) in [6.07, 6.45) is 0.